The molecule has 1 atom stereocenters. The van der Waals surface area contributed by atoms with Crippen LogP contribution in [0.3, 0.4) is 0 Å². The fourth-order valence-electron chi connectivity index (χ4n) is 4.22. The Kier molecular flexibility index (Phi) is 6.27. The van der Waals surface area contributed by atoms with Crippen LogP contribution < -0.4 is 20.1 Å². The minimum absolute atomic E-state index is 0.164. The van der Waals surface area contributed by atoms with Crippen molar-refractivity contribution in [3.63, 3.8) is 0 Å². The quantitative estimate of drug-likeness (QED) is 0.545. The summed E-state index contributed by atoms with van der Waals surface area (Å²) >= 11 is 0. The molecule has 0 fully saturated rings. The van der Waals surface area contributed by atoms with Crippen LogP contribution in [0.5, 0.6) is 17.2 Å². The molecule has 9 nitrogen and oxygen atoms in total. The first-order valence-corrected chi connectivity index (χ1v) is 11.4. The molecule has 2 aromatic carbocycles. The highest BCUT2D eigenvalue weighted by atomic mass is 16.7. The largest absolute Gasteiger partial charge is 0.505 e. The molecule has 0 aliphatic carbocycles. The Morgan fingerprint density at radius 2 is 1.86 bits per heavy atom. The molecule has 4 rings (SSSR count). The number of hydrogen-bond donors (Lipinski definition) is 3. The van der Waals surface area contributed by atoms with Crippen LogP contribution in [-0.4, -0.2) is 61.2 Å². The lowest BCUT2D eigenvalue weighted by atomic mass is 9.82. The number of benzene rings is 2. The fourth-order valence-corrected chi connectivity index (χ4v) is 4.22. The minimum Gasteiger partial charge on any atom is -0.505 e. The maximum absolute atomic E-state index is 13.1. The molecule has 2 aliphatic heterocycles. The van der Waals surface area contributed by atoms with Gasteiger partial charge in [-0.1, -0.05) is 32.9 Å². The van der Waals surface area contributed by atoms with Gasteiger partial charge in [-0.3, -0.25) is 9.59 Å². The van der Waals surface area contributed by atoms with Gasteiger partial charge in [0.25, 0.3) is 11.8 Å². The topological polar surface area (TPSA) is 103 Å². The van der Waals surface area contributed by atoms with Gasteiger partial charge in [0.2, 0.25) is 6.79 Å². The van der Waals surface area contributed by atoms with E-state index in [0.717, 1.165) is 5.56 Å². The summed E-state index contributed by atoms with van der Waals surface area (Å²) < 4.78 is 11.0. The number of phenols is 1. The van der Waals surface area contributed by atoms with E-state index < -0.39 is 0 Å². The van der Waals surface area contributed by atoms with E-state index in [-0.39, 0.29) is 41.4 Å². The summed E-state index contributed by atoms with van der Waals surface area (Å²) in [5.74, 6) is 0.731. The molecule has 0 radical (unpaired) electrons. The molecule has 0 spiro atoms. The van der Waals surface area contributed by atoms with Crippen LogP contribution in [0.25, 0.3) is 0 Å². The second kappa shape index (κ2) is 9.05. The molecule has 0 saturated carbocycles. The van der Waals surface area contributed by atoms with Crippen LogP contribution in [0.1, 0.15) is 42.7 Å². The van der Waals surface area contributed by atoms with Gasteiger partial charge in [0.15, 0.2) is 17.2 Å². The number of ether oxygens (including phenoxy) is 2. The highest BCUT2D eigenvalue weighted by molar-refractivity contribution is 5.99. The van der Waals surface area contributed by atoms with Crippen molar-refractivity contribution in [1.29, 1.82) is 0 Å². The lowest BCUT2D eigenvalue weighted by Gasteiger charge is -2.33. The summed E-state index contributed by atoms with van der Waals surface area (Å²) in [7, 11) is 4.97. The Morgan fingerprint density at radius 1 is 1.14 bits per heavy atom. The SMILES string of the molecule is CN(C)C(=O)c1cccc(NC2=C(N[C@@H](c3ccc4c(c3)OCO4)C(C)(C)C)C(=O)N(C)C2)c1O. The monoisotopic (exact) mass is 480 g/mol. The van der Waals surface area contributed by atoms with E-state index in [4.69, 9.17) is 9.47 Å². The number of phenolic OH excluding ortho intramolecular Hbond substituents is 1. The highest BCUT2D eigenvalue weighted by Crippen LogP contribution is 2.40. The maximum atomic E-state index is 13.1. The second-order valence-electron chi connectivity index (χ2n) is 10.1. The van der Waals surface area contributed by atoms with Crippen molar-refractivity contribution in [1.82, 2.24) is 15.1 Å². The minimum atomic E-state index is -0.311. The van der Waals surface area contributed by atoms with Crippen molar-refractivity contribution in [3.05, 3.63) is 58.9 Å². The number of carbonyl (C=O) groups is 2. The van der Waals surface area contributed by atoms with Crippen molar-refractivity contribution < 1.29 is 24.2 Å². The van der Waals surface area contributed by atoms with Crippen molar-refractivity contribution in [2.24, 2.45) is 5.41 Å². The van der Waals surface area contributed by atoms with Gasteiger partial charge >= 0.3 is 0 Å². The molecule has 2 aromatic rings. The summed E-state index contributed by atoms with van der Waals surface area (Å²) in [6, 6.07) is 10.5. The summed E-state index contributed by atoms with van der Waals surface area (Å²) in [5.41, 5.74) is 2.25. The predicted octanol–water partition coefficient (Wildman–Crippen LogP) is 3.30. The van der Waals surface area contributed by atoms with Gasteiger partial charge in [0.1, 0.15) is 5.70 Å². The average molecular weight is 481 g/mol. The van der Waals surface area contributed by atoms with Gasteiger partial charge in [-0.15, -0.1) is 0 Å². The molecular weight excluding hydrogens is 448 g/mol. The third-order valence-corrected chi connectivity index (χ3v) is 6.10. The molecule has 0 bridgehead atoms. The van der Waals surface area contributed by atoms with E-state index in [1.807, 2.05) is 18.2 Å². The van der Waals surface area contributed by atoms with Gasteiger partial charge in [-0.25, -0.2) is 0 Å². The number of anilines is 1. The second-order valence-corrected chi connectivity index (χ2v) is 10.1. The molecular formula is C26H32N4O5. The zero-order valence-corrected chi connectivity index (χ0v) is 20.9. The van der Waals surface area contributed by atoms with Gasteiger partial charge in [-0.05, 0) is 35.2 Å². The molecule has 0 aromatic heterocycles. The lowest BCUT2D eigenvalue weighted by Crippen LogP contribution is -2.36. The summed E-state index contributed by atoms with van der Waals surface area (Å²) in [5, 5.41) is 17.4. The van der Waals surface area contributed by atoms with Gasteiger partial charge in [0.05, 0.1) is 29.5 Å². The van der Waals surface area contributed by atoms with E-state index >= 15 is 0 Å². The first kappa shape index (κ1) is 24.3. The van der Waals surface area contributed by atoms with Crippen LogP contribution >= 0.6 is 0 Å². The molecule has 0 saturated heterocycles. The van der Waals surface area contributed by atoms with Crippen LogP contribution in [-0.2, 0) is 4.79 Å². The molecule has 3 N–H and O–H groups in total. The third kappa shape index (κ3) is 4.71. The fraction of sp³-hybridized carbons (Fsp3) is 0.385. The van der Waals surface area contributed by atoms with Gasteiger partial charge in [0, 0.05) is 21.1 Å². The van der Waals surface area contributed by atoms with Gasteiger partial charge in [-0.2, -0.15) is 0 Å². The molecule has 186 valence electrons. The molecule has 2 amide bonds. The first-order valence-electron chi connectivity index (χ1n) is 11.4. The van der Waals surface area contributed by atoms with Crippen LogP contribution in [0.15, 0.2) is 47.8 Å². The Bertz CT molecular complexity index is 1200. The van der Waals surface area contributed by atoms with Crippen molar-refractivity contribution in [2.45, 2.75) is 26.8 Å². The maximum Gasteiger partial charge on any atom is 0.271 e. The number of aromatic hydroxyl groups is 1. The van der Waals surface area contributed by atoms with E-state index in [1.54, 1.807) is 44.2 Å². The molecule has 35 heavy (non-hydrogen) atoms. The number of hydrogen-bond acceptors (Lipinski definition) is 7. The van der Waals surface area contributed by atoms with E-state index in [0.29, 0.717) is 35.1 Å². The number of nitrogens with zero attached hydrogens (tertiary/aromatic N) is 2. The average Bonchev–Trinajstić information content (AvgIpc) is 3.36. The van der Waals surface area contributed by atoms with Crippen molar-refractivity contribution >= 4 is 17.5 Å². The Labute approximate surface area is 205 Å². The smallest absolute Gasteiger partial charge is 0.271 e. The molecule has 0 unspecified atom stereocenters. The summed E-state index contributed by atoms with van der Waals surface area (Å²) in [6.45, 7) is 6.79. The van der Waals surface area contributed by atoms with Crippen LogP contribution in [0.4, 0.5) is 5.69 Å². The number of nitrogens with one attached hydrogen (secondary N) is 2. The van der Waals surface area contributed by atoms with E-state index in [2.05, 4.69) is 31.4 Å². The number of likely N-dealkylation sites (N-methyl/N-ethyl adjacent to an activating group) is 1. The first-order chi connectivity index (χ1) is 16.5. The standard InChI is InChI=1S/C26H32N4O5/c1-26(2,3)23(15-10-11-19-20(12-15)35-14-34-19)28-21-18(13-30(6)25(21)33)27-17-9-7-8-16(22(17)31)24(32)29(4)5/h7-12,23,27-28,31H,13-14H2,1-6H3/t23-/m0/s1. The zero-order valence-electron chi connectivity index (χ0n) is 20.9. The van der Waals surface area contributed by atoms with Crippen LogP contribution in [0, 0.1) is 5.41 Å². The number of fused-ring (bicyclic) bond motifs is 1. The molecule has 2 heterocycles. The van der Waals surface area contributed by atoms with Crippen molar-refractivity contribution in [2.75, 3.05) is 39.8 Å². The molecule has 9 heteroatoms. The summed E-state index contributed by atoms with van der Waals surface area (Å²) in [6.07, 6.45) is 0. The Hall–Kier alpha value is -3.88. The number of para-hydroxylation sites is 1. The van der Waals surface area contributed by atoms with Gasteiger partial charge < -0.3 is 35.0 Å². The number of carbonyl (C=O) groups excluding carboxylic acids is 2. The normalized spacial score (nSPS) is 15.9. The summed E-state index contributed by atoms with van der Waals surface area (Å²) in [4.78, 5) is 28.6. The lowest BCUT2D eigenvalue weighted by molar-refractivity contribution is -0.124. The van der Waals surface area contributed by atoms with Crippen molar-refractivity contribution in [3.8, 4) is 17.2 Å². The highest BCUT2D eigenvalue weighted by Gasteiger charge is 2.35. The van der Waals surface area contributed by atoms with E-state index in [9.17, 15) is 14.7 Å². The molecule has 2 aliphatic rings. The Balaban J connectivity index is 1.70. The third-order valence-electron chi connectivity index (χ3n) is 6.10. The Morgan fingerprint density at radius 3 is 2.54 bits per heavy atom. The zero-order chi connectivity index (χ0) is 25.5. The number of amides is 2. The number of rotatable bonds is 6. The van der Waals surface area contributed by atoms with E-state index in [1.165, 1.54) is 4.90 Å². The predicted molar refractivity (Wildman–Crippen MR) is 132 cm³/mol. The van der Waals surface area contributed by atoms with Crippen LogP contribution in [0.2, 0.25) is 0 Å².